The Morgan fingerprint density at radius 1 is 0.958 bits per heavy atom. The number of carbonyl (C=O) groups is 3. The van der Waals surface area contributed by atoms with Gasteiger partial charge >= 0.3 is 0 Å². The maximum absolute atomic E-state index is 12.6. The zero-order valence-electron chi connectivity index (χ0n) is 13.1. The molecule has 2 heterocycles. The van der Waals surface area contributed by atoms with Crippen molar-refractivity contribution in [3.63, 3.8) is 0 Å². The molecule has 0 saturated heterocycles. The maximum Gasteiger partial charge on any atom is 0.267 e. The molecule has 0 unspecified atom stereocenters. The summed E-state index contributed by atoms with van der Waals surface area (Å²) < 4.78 is 5.57. The molecule has 0 aliphatic carbocycles. The van der Waals surface area contributed by atoms with E-state index in [2.05, 4.69) is 0 Å². The molecule has 6 nitrogen and oxygen atoms in total. The van der Waals surface area contributed by atoms with Gasteiger partial charge in [0.25, 0.3) is 17.7 Å². The van der Waals surface area contributed by atoms with Crippen molar-refractivity contribution in [3.05, 3.63) is 53.6 Å². The molecule has 0 aromatic heterocycles. The fraction of sp³-hybridized carbons (Fsp3) is 0.167. The van der Waals surface area contributed by atoms with Crippen LogP contribution in [0.5, 0.6) is 5.75 Å². The van der Waals surface area contributed by atoms with Crippen LogP contribution in [-0.4, -0.2) is 30.9 Å². The summed E-state index contributed by atoms with van der Waals surface area (Å²) in [5.41, 5.74) is 1.72. The molecule has 6 heteroatoms. The van der Waals surface area contributed by atoms with Crippen molar-refractivity contribution in [2.75, 3.05) is 16.8 Å². The molecular weight excluding hydrogens is 308 g/mol. The lowest BCUT2D eigenvalue weighted by atomic mass is 10.1. The number of fused-ring (bicyclic) bond motifs is 2. The maximum atomic E-state index is 12.6. The molecule has 2 aliphatic rings. The molecule has 0 bridgehead atoms. The summed E-state index contributed by atoms with van der Waals surface area (Å²) in [6.07, 6.45) is -0.562. The van der Waals surface area contributed by atoms with Gasteiger partial charge < -0.3 is 9.64 Å². The molecular formula is C18H14N2O4. The lowest BCUT2D eigenvalue weighted by molar-refractivity contribution is -0.125. The van der Waals surface area contributed by atoms with Crippen LogP contribution in [0.3, 0.4) is 0 Å². The van der Waals surface area contributed by atoms with Gasteiger partial charge in [0.15, 0.2) is 6.10 Å². The minimum Gasteiger partial charge on any atom is -0.479 e. The molecule has 120 valence electrons. The van der Waals surface area contributed by atoms with Crippen LogP contribution in [0.25, 0.3) is 0 Å². The summed E-state index contributed by atoms with van der Waals surface area (Å²) >= 11 is 0. The van der Waals surface area contributed by atoms with Crippen LogP contribution in [0, 0.1) is 0 Å². The van der Waals surface area contributed by atoms with Crippen LogP contribution in [0.2, 0.25) is 0 Å². The number of hydrogen-bond acceptors (Lipinski definition) is 4. The van der Waals surface area contributed by atoms with E-state index in [1.54, 1.807) is 56.4 Å². The van der Waals surface area contributed by atoms with Crippen molar-refractivity contribution >= 4 is 29.1 Å². The quantitative estimate of drug-likeness (QED) is 0.755. The van der Waals surface area contributed by atoms with Gasteiger partial charge in [-0.3, -0.25) is 14.4 Å². The van der Waals surface area contributed by atoms with E-state index in [9.17, 15) is 14.4 Å². The van der Waals surface area contributed by atoms with Crippen LogP contribution in [0.1, 0.15) is 27.6 Å². The second-order valence-electron chi connectivity index (χ2n) is 5.80. The van der Waals surface area contributed by atoms with Crippen LogP contribution < -0.4 is 14.5 Å². The minimum absolute atomic E-state index is 0.179. The van der Waals surface area contributed by atoms with Gasteiger partial charge in [-0.15, -0.1) is 0 Å². The van der Waals surface area contributed by atoms with E-state index < -0.39 is 6.10 Å². The summed E-state index contributed by atoms with van der Waals surface area (Å²) in [4.78, 5) is 39.8. The Morgan fingerprint density at radius 2 is 1.58 bits per heavy atom. The average Bonchev–Trinajstić information content (AvgIpc) is 2.84. The highest BCUT2D eigenvalue weighted by Gasteiger charge is 2.37. The summed E-state index contributed by atoms with van der Waals surface area (Å²) in [5, 5.41) is 0. The first-order chi connectivity index (χ1) is 11.5. The molecule has 24 heavy (non-hydrogen) atoms. The van der Waals surface area contributed by atoms with Crippen molar-refractivity contribution < 1.29 is 19.1 Å². The number of likely N-dealkylation sites (N-methyl/N-ethyl adjacent to an activating group) is 1. The lowest BCUT2D eigenvalue weighted by Gasteiger charge is -2.31. The normalized spacial score (nSPS) is 19.2. The molecule has 0 saturated carbocycles. The summed E-state index contributed by atoms with van der Waals surface area (Å²) in [7, 11) is 1.65. The predicted octanol–water partition coefficient (Wildman–Crippen LogP) is 2.23. The minimum atomic E-state index is -0.562. The third kappa shape index (κ3) is 1.86. The van der Waals surface area contributed by atoms with Crippen molar-refractivity contribution in [3.8, 4) is 5.75 Å². The molecule has 0 fully saturated rings. The fourth-order valence-electron chi connectivity index (χ4n) is 3.06. The first kappa shape index (κ1) is 14.4. The number of anilines is 2. The Balaban J connectivity index is 1.79. The van der Waals surface area contributed by atoms with E-state index in [1.807, 2.05) is 0 Å². The Hall–Kier alpha value is -3.15. The van der Waals surface area contributed by atoms with E-state index in [0.29, 0.717) is 28.3 Å². The zero-order chi connectivity index (χ0) is 17.0. The second-order valence-corrected chi connectivity index (χ2v) is 5.80. The first-order valence-corrected chi connectivity index (χ1v) is 7.55. The van der Waals surface area contributed by atoms with Crippen molar-refractivity contribution in [1.29, 1.82) is 0 Å². The smallest absolute Gasteiger partial charge is 0.267 e. The van der Waals surface area contributed by atoms with Crippen LogP contribution in [-0.2, 0) is 4.79 Å². The van der Waals surface area contributed by atoms with Gasteiger partial charge in [-0.05, 0) is 37.3 Å². The highest BCUT2D eigenvalue weighted by molar-refractivity contribution is 6.34. The molecule has 0 spiro atoms. The molecule has 3 amide bonds. The molecule has 2 aliphatic heterocycles. The number of nitrogens with zero attached hydrogens (tertiary/aromatic N) is 2. The van der Waals surface area contributed by atoms with Crippen LogP contribution in [0.4, 0.5) is 11.4 Å². The largest absolute Gasteiger partial charge is 0.479 e. The Labute approximate surface area is 138 Å². The number of hydrogen-bond donors (Lipinski definition) is 0. The van der Waals surface area contributed by atoms with Crippen LogP contribution >= 0.6 is 0 Å². The summed E-state index contributed by atoms with van der Waals surface area (Å²) in [5.74, 6) is -0.365. The van der Waals surface area contributed by atoms with Crippen molar-refractivity contribution in [2.24, 2.45) is 0 Å². The molecule has 0 radical (unpaired) electrons. The first-order valence-electron chi connectivity index (χ1n) is 7.55. The van der Waals surface area contributed by atoms with Crippen molar-refractivity contribution in [1.82, 2.24) is 0 Å². The molecule has 0 N–H and O–H groups in total. The third-order valence-corrected chi connectivity index (χ3v) is 4.34. The highest BCUT2D eigenvalue weighted by atomic mass is 16.5. The molecule has 1 atom stereocenters. The van der Waals surface area contributed by atoms with Crippen molar-refractivity contribution in [2.45, 2.75) is 13.0 Å². The Morgan fingerprint density at radius 3 is 2.21 bits per heavy atom. The molecule has 2 aromatic rings. The average molecular weight is 322 g/mol. The number of rotatable bonds is 1. The topological polar surface area (TPSA) is 66.9 Å². The van der Waals surface area contributed by atoms with E-state index >= 15 is 0 Å². The number of imide groups is 1. The fourth-order valence-corrected chi connectivity index (χ4v) is 3.06. The number of amides is 3. The molecule has 4 rings (SSSR count). The Kier molecular flexibility index (Phi) is 2.96. The zero-order valence-corrected chi connectivity index (χ0v) is 13.1. The number of benzene rings is 2. The van der Waals surface area contributed by atoms with Gasteiger partial charge in [0.2, 0.25) is 0 Å². The van der Waals surface area contributed by atoms with E-state index in [0.717, 1.165) is 4.90 Å². The van der Waals surface area contributed by atoms with Gasteiger partial charge in [-0.2, -0.15) is 0 Å². The SMILES string of the molecule is C[C@@H]1Oc2ccc(N3C(=O)c4ccccc4C3=O)cc2N(C)C1=O. The molecule has 2 aromatic carbocycles. The second kappa shape index (κ2) is 4.92. The van der Waals surface area contributed by atoms with Crippen LogP contribution in [0.15, 0.2) is 42.5 Å². The summed E-state index contributed by atoms with van der Waals surface area (Å²) in [6, 6.07) is 11.7. The lowest BCUT2D eigenvalue weighted by Crippen LogP contribution is -2.42. The highest BCUT2D eigenvalue weighted by Crippen LogP contribution is 2.38. The number of ether oxygens (including phenoxy) is 1. The standard InChI is InChI=1S/C18H14N2O4/c1-10-16(21)19(2)14-9-11(7-8-15(14)24-10)20-17(22)12-5-3-4-6-13(12)18(20)23/h3-10H,1-2H3/t10-/m0/s1. The summed E-state index contributed by atoms with van der Waals surface area (Å²) in [6.45, 7) is 1.68. The monoisotopic (exact) mass is 322 g/mol. The van der Waals surface area contributed by atoms with E-state index in [4.69, 9.17) is 4.74 Å². The van der Waals surface area contributed by atoms with E-state index in [-0.39, 0.29) is 17.7 Å². The van der Waals surface area contributed by atoms with Gasteiger partial charge in [-0.1, -0.05) is 12.1 Å². The predicted molar refractivity (Wildman–Crippen MR) is 87.5 cm³/mol. The Bertz CT molecular complexity index is 871. The number of carbonyl (C=O) groups excluding carboxylic acids is 3. The van der Waals surface area contributed by atoms with Gasteiger partial charge in [0, 0.05) is 7.05 Å². The van der Waals surface area contributed by atoms with Gasteiger partial charge in [0.1, 0.15) is 5.75 Å². The van der Waals surface area contributed by atoms with Gasteiger partial charge in [0.05, 0.1) is 22.5 Å². The van der Waals surface area contributed by atoms with Gasteiger partial charge in [-0.25, -0.2) is 4.90 Å². The van der Waals surface area contributed by atoms with E-state index in [1.165, 1.54) is 4.90 Å². The third-order valence-electron chi connectivity index (χ3n) is 4.34.